The molecule has 2 aromatic carbocycles. The molecular formula is C19H12N4O. The lowest BCUT2D eigenvalue weighted by atomic mass is 10.1. The van der Waals surface area contributed by atoms with Crippen molar-refractivity contribution >= 4 is 17.4 Å². The van der Waals surface area contributed by atoms with Gasteiger partial charge in [0.1, 0.15) is 0 Å². The first-order valence-electron chi connectivity index (χ1n) is 7.43. The molecule has 2 aromatic heterocycles. The predicted octanol–water partition coefficient (Wildman–Crippen LogP) is 4.03. The van der Waals surface area contributed by atoms with Gasteiger partial charge in [-0.2, -0.15) is 10.1 Å². The average Bonchev–Trinajstić information content (AvgIpc) is 3.07. The summed E-state index contributed by atoms with van der Waals surface area (Å²) in [6.45, 7) is 0. The molecule has 0 saturated heterocycles. The number of benzene rings is 2. The summed E-state index contributed by atoms with van der Waals surface area (Å²) in [6, 6.07) is 19.3. The van der Waals surface area contributed by atoms with Crippen LogP contribution in [-0.2, 0) is 4.79 Å². The van der Waals surface area contributed by atoms with E-state index in [1.54, 1.807) is 22.9 Å². The minimum absolute atomic E-state index is 0.558. The van der Waals surface area contributed by atoms with Crippen LogP contribution in [0.25, 0.3) is 28.0 Å². The molecule has 5 heteroatoms. The van der Waals surface area contributed by atoms with Crippen LogP contribution in [0.3, 0.4) is 0 Å². The standard InChI is InChI=1S/C19H12N4O/c24-13-21-16-8-4-7-15(11-16)18-9-10-20-19-17(12-22-23(18)19)14-5-2-1-3-6-14/h1-12H. The van der Waals surface area contributed by atoms with Gasteiger partial charge in [0.2, 0.25) is 6.08 Å². The Hall–Kier alpha value is -3.56. The summed E-state index contributed by atoms with van der Waals surface area (Å²) in [5.41, 5.74) is 5.16. The molecule has 2 heterocycles. The van der Waals surface area contributed by atoms with Gasteiger partial charge in [-0.3, -0.25) is 0 Å². The van der Waals surface area contributed by atoms with Crippen LogP contribution in [0, 0.1) is 0 Å². The van der Waals surface area contributed by atoms with Gasteiger partial charge in [0.25, 0.3) is 0 Å². The Labute approximate surface area is 137 Å². The van der Waals surface area contributed by atoms with Gasteiger partial charge in [-0.15, -0.1) is 0 Å². The molecule has 0 unspecified atom stereocenters. The van der Waals surface area contributed by atoms with Crippen LogP contribution < -0.4 is 0 Å². The van der Waals surface area contributed by atoms with E-state index < -0.39 is 0 Å². The number of hydrogen-bond acceptors (Lipinski definition) is 4. The normalized spacial score (nSPS) is 10.5. The van der Waals surface area contributed by atoms with Crippen molar-refractivity contribution in [2.45, 2.75) is 0 Å². The second kappa shape index (κ2) is 5.91. The minimum atomic E-state index is 0.558. The Balaban J connectivity index is 1.91. The molecule has 5 nitrogen and oxygen atoms in total. The number of rotatable bonds is 3. The number of carbonyl (C=O) groups excluding carboxylic acids is 1. The Morgan fingerprint density at radius 3 is 2.62 bits per heavy atom. The summed E-state index contributed by atoms with van der Waals surface area (Å²) >= 11 is 0. The SMILES string of the molecule is O=C=Nc1cccc(-c2ccnc3c(-c4ccccc4)cnn23)c1. The Morgan fingerprint density at radius 2 is 1.79 bits per heavy atom. The molecule has 0 fully saturated rings. The van der Waals surface area contributed by atoms with E-state index in [2.05, 4.69) is 15.1 Å². The highest BCUT2D eigenvalue weighted by atomic mass is 16.1. The van der Waals surface area contributed by atoms with Gasteiger partial charge in [0.05, 0.1) is 17.6 Å². The smallest absolute Gasteiger partial charge is 0.236 e. The van der Waals surface area contributed by atoms with Gasteiger partial charge in [0, 0.05) is 17.3 Å². The van der Waals surface area contributed by atoms with Crippen molar-refractivity contribution in [3.63, 3.8) is 0 Å². The fraction of sp³-hybridized carbons (Fsp3) is 0. The van der Waals surface area contributed by atoms with E-state index in [-0.39, 0.29) is 0 Å². The van der Waals surface area contributed by atoms with Crippen molar-refractivity contribution in [3.8, 4) is 22.4 Å². The van der Waals surface area contributed by atoms with Crippen LogP contribution in [-0.4, -0.2) is 20.7 Å². The second-order valence-electron chi connectivity index (χ2n) is 5.24. The van der Waals surface area contributed by atoms with Crippen LogP contribution in [0.4, 0.5) is 5.69 Å². The lowest BCUT2D eigenvalue weighted by Gasteiger charge is -2.06. The van der Waals surface area contributed by atoms with E-state index in [1.165, 1.54) is 0 Å². The molecule has 0 atom stereocenters. The molecule has 0 bridgehead atoms. The van der Waals surface area contributed by atoms with Gasteiger partial charge in [0.15, 0.2) is 5.65 Å². The average molecular weight is 312 g/mol. The molecule has 0 aliphatic heterocycles. The third-order valence-electron chi connectivity index (χ3n) is 3.80. The molecule has 0 amide bonds. The molecule has 4 aromatic rings. The van der Waals surface area contributed by atoms with Crippen molar-refractivity contribution in [2.24, 2.45) is 4.99 Å². The van der Waals surface area contributed by atoms with Crippen LogP contribution in [0.15, 0.2) is 78.0 Å². The summed E-state index contributed by atoms with van der Waals surface area (Å²) in [5, 5.41) is 4.49. The summed E-state index contributed by atoms with van der Waals surface area (Å²) in [4.78, 5) is 18.6. The Morgan fingerprint density at radius 1 is 0.958 bits per heavy atom. The molecule has 24 heavy (non-hydrogen) atoms. The molecule has 0 aliphatic rings. The van der Waals surface area contributed by atoms with E-state index in [1.807, 2.05) is 60.8 Å². The van der Waals surface area contributed by atoms with E-state index in [4.69, 9.17) is 0 Å². The van der Waals surface area contributed by atoms with Crippen LogP contribution in [0.5, 0.6) is 0 Å². The zero-order valence-electron chi connectivity index (χ0n) is 12.6. The molecular weight excluding hydrogens is 300 g/mol. The van der Waals surface area contributed by atoms with Gasteiger partial charge >= 0.3 is 0 Å². The fourth-order valence-electron chi connectivity index (χ4n) is 2.72. The van der Waals surface area contributed by atoms with Crippen molar-refractivity contribution in [1.82, 2.24) is 14.6 Å². The Bertz CT molecular complexity index is 1060. The largest absolute Gasteiger partial charge is 0.240 e. The summed E-state index contributed by atoms with van der Waals surface area (Å²) < 4.78 is 1.80. The van der Waals surface area contributed by atoms with Gasteiger partial charge < -0.3 is 0 Å². The maximum absolute atomic E-state index is 10.5. The first-order chi connectivity index (χ1) is 11.9. The highest BCUT2D eigenvalue weighted by Crippen LogP contribution is 2.28. The van der Waals surface area contributed by atoms with E-state index in [0.29, 0.717) is 5.69 Å². The van der Waals surface area contributed by atoms with Crippen molar-refractivity contribution < 1.29 is 4.79 Å². The molecule has 4 rings (SSSR count). The molecule has 0 N–H and O–H groups in total. The number of aliphatic imine (C=N–C) groups is 1. The zero-order valence-corrected chi connectivity index (χ0v) is 12.6. The van der Waals surface area contributed by atoms with Gasteiger partial charge in [-0.25, -0.2) is 14.3 Å². The van der Waals surface area contributed by atoms with Crippen LogP contribution in [0.1, 0.15) is 0 Å². The van der Waals surface area contributed by atoms with Crippen molar-refractivity contribution in [2.75, 3.05) is 0 Å². The first kappa shape index (κ1) is 14.1. The quantitative estimate of drug-likeness (QED) is 0.424. The van der Waals surface area contributed by atoms with Gasteiger partial charge in [-0.05, 0) is 23.8 Å². The summed E-state index contributed by atoms with van der Waals surface area (Å²) in [5.74, 6) is 0. The van der Waals surface area contributed by atoms with E-state index >= 15 is 0 Å². The predicted molar refractivity (Wildman–Crippen MR) is 91.6 cm³/mol. The Kier molecular flexibility index (Phi) is 3.46. The van der Waals surface area contributed by atoms with Gasteiger partial charge in [-0.1, -0.05) is 42.5 Å². The number of nitrogens with zero attached hydrogens (tertiary/aromatic N) is 4. The lowest BCUT2D eigenvalue weighted by molar-refractivity contribution is 0.565. The lowest BCUT2D eigenvalue weighted by Crippen LogP contribution is -1.95. The maximum Gasteiger partial charge on any atom is 0.240 e. The van der Waals surface area contributed by atoms with Crippen LogP contribution >= 0.6 is 0 Å². The van der Waals surface area contributed by atoms with E-state index in [0.717, 1.165) is 28.0 Å². The third kappa shape index (κ3) is 2.39. The number of hydrogen-bond donors (Lipinski definition) is 0. The molecule has 0 saturated carbocycles. The highest BCUT2D eigenvalue weighted by Gasteiger charge is 2.11. The number of aromatic nitrogens is 3. The second-order valence-corrected chi connectivity index (χ2v) is 5.24. The number of isocyanates is 1. The molecule has 114 valence electrons. The third-order valence-corrected chi connectivity index (χ3v) is 3.80. The zero-order chi connectivity index (χ0) is 16.4. The minimum Gasteiger partial charge on any atom is -0.236 e. The van der Waals surface area contributed by atoms with Crippen molar-refractivity contribution in [3.05, 3.63) is 73.1 Å². The molecule has 0 spiro atoms. The fourth-order valence-corrected chi connectivity index (χ4v) is 2.72. The van der Waals surface area contributed by atoms with Crippen molar-refractivity contribution in [1.29, 1.82) is 0 Å². The summed E-state index contributed by atoms with van der Waals surface area (Å²) in [7, 11) is 0. The molecule has 0 radical (unpaired) electrons. The van der Waals surface area contributed by atoms with E-state index in [9.17, 15) is 4.79 Å². The first-order valence-corrected chi connectivity index (χ1v) is 7.43. The maximum atomic E-state index is 10.5. The van der Waals surface area contributed by atoms with Crippen LogP contribution in [0.2, 0.25) is 0 Å². The summed E-state index contributed by atoms with van der Waals surface area (Å²) in [6.07, 6.45) is 5.14. The number of fused-ring (bicyclic) bond motifs is 1. The topological polar surface area (TPSA) is 59.6 Å². The molecule has 0 aliphatic carbocycles. The monoisotopic (exact) mass is 312 g/mol. The highest BCUT2D eigenvalue weighted by molar-refractivity contribution is 5.79.